The smallest absolute Gasteiger partial charge is 0.195 e. The van der Waals surface area contributed by atoms with Gasteiger partial charge >= 0.3 is 0 Å². The van der Waals surface area contributed by atoms with E-state index in [1.54, 1.807) is 21.3 Å². The largest absolute Gasteiger partial charge is 0.493 e. The van der Waals surface area contributed by atoms with E-state index < -0.39 is 0 Å². The Kier molecular flexibility index (Phi) is 8.31. The fourth-order valence-corrected chi connectivity index (χ4v) is 2.10. The Bertz CT molecular complexity index is 692. The zero-order valence-corrected chi connectivity index (χ0v) is 16.6. The molecule has 0 saturated heterocycles. The van der Waals surface area contributed by atoms with Gasteiger partial charge in [0.25, 0.3) is 0 Å². The van der Waals surface area contributed by atoms with Gasteiger partial charge in [-0.25, -0.2) is 0 Å². The second-order valence-electron chi connectivity index (χ2n) is 4.89. The lowest BCUT2D eigenvalue weighted by Gasteiger charge is -2.14. The Hall–Kier alpha value is -2.03. The molecule has 2 rings (SSSR count). The number of methoxy groups -OCH3 is 2. The highest BCUT2D eigenvalue weighted by atomic mass is 127. The third-order valence-electron chi connectivity index (χ3n) is 3.25. The molecule has 130 valence electrons. The van der Waals surface area contributed by atoms with Gasteiger partial charge in [0.2, 0.25) is 0 Å². The summed E-state index contributed by atoms with van der Waals surface area (Å²) in [5.74, 6) is 2.00. The molecule has 2 N–H and O–H groups in total. The summed E-state index contributed by atoms with van der Waals surface area (Å²) >= 11 is 0. The van der Waals surface area contributed by atoms with Crippen LogP contribution in [0, 0.1) is 6.92 Å². The Morgan fingerprint density at radius 2 is 1.88 bits per heavy atom. The molecule has 0 atom stereocenters. The van der Waals surface area contributed by atoms with Crippen LogP contribution in [0.15, 0.2) is 41.4 Å². The van der Waals surface area contributed by atoms with Crippen LogP contribution in [0.5, 0.6) is 11.5 Å². The molecular weight excluding hydrogens is 419 g/mol. The molecule has 24 heavy (non-hydrogen) atoms. The number of guanidine groups is 1. The predicted molar refractivity (Wildman–Crippen MR) is 108 cm³/mol. The molecule has 0 aliphatic carbocycles. The Labute approximate surface area is 159 Å². The number of benzene rings is 1. The van der Waals surface area contributed by atoms with Crippen molar-refractivity contribution in [2.75, 3.05) is 26.6 Å². The predicted octanol–water partition coefficient (Wildman–Crippen LogP) is 3.21. The summed E-state index contributed by atoms with van der Waals surface area (Å²) in [4.78, 5) is 8.67. The fourth-order valence-electron chi connectivity index (χ4n) is 2.10. The SMILES string of the molecule is CN=C(NCc1cccc(C)n1)Nc1ccc(OC)c(OC)c1.I. The van der Waals surface area contributed by atoms with Gasteiger partial charge in [0.1, 0.15) is 0 Å². The number of ether oxygens (including phenoxy) is 2. The lowest BCUT2D eigenvalue weighted by atomic mass is 10.2. The number of nitrogens with zero attached hydrogens (tertiary/aromatic N) is 2. The molecule has 0 spiro atoms. The van der Waals surface area contributed by atoms with Crippen molar-refractivity contribution in [2.45, 2.75) is 13.5 Å². The molecule has 6 nitrogen and oxygen atoms in total. The number of rotatable bonds is 5. The van der Waals surface area contributed by atoms with E-state index in [-0.39, 0.29) is 24.0 Å². The van der Waals surface area contributed by atoms with E-state index in [9.17, 15) is 0 Å². The summed E-state index contributed by atoms with van der Waals surface area (Å²) in [7, 11) is 4.94. The van der Waals surface area contributed by atoms with Gasteiger partial charge in [-0.05, 0) is 31.2 Å². The monoisotopic (exact) mass is 442 g/mol. The van der Waals surface area contributed by atoms with Gasteiger partial charge in [-0.3, -0.25) is 9.98 Å². The highest BCUT2D eigenvalue weighted by Gasteiger charge is 2.06. The van der Waals surface area contributed by atoms with Gasteiger partial charge in [-0.1, -0.05) is 6.07 Å². The maximum atomic E-state index is 5.30. The van der Waals surface area contributed by atoms with E-state index in [2.05, 4.69) is 20.6 Å². The summed E-state index contributed by atoms with van der Waals surface area (Å²) in [5, 5.41) is 6.45. The van der Waals surface area contributed by atoms with Gasteiger partial charge < -0.3 is 20.1 Å². The van der Waals surface area contributed by atoms with Crippen molar-refractivity contribution in [3.63, 3.8) is 0 Å². The highest BCUT2D eigenvalue weighted by Crippen LogP contribution is 2.29. The average molecular weight is 442 g/mol. The Morgan fingerprint density at radius 3 is 2.50 bits per heavy atom. The number of hydrogen-bond acceptors (Lipinski definition) is 4. The lowest BCUT2D eigenvalue weighted by molar-refractivity contribution is 0.355. The number of nitrogens with one attached hydrogen (secondary N) is 2. The maximum Gasteiger partial charge on any atom is 0.195 e. The molecule has 1 aromatic heterocycles. The molecule has 2 aromatic rings. The van der Waals surface area contributed by atoms with Crippen LogP contribution < -0.4 is 20.1 Å². The van der Waals surface area contributed by atoms with E-state index in [0.717, 1.165) is 17.1 Å². The van der Waals surface area contributed by atoms with E-state index in [4.69, 9.17) is 9.47 Å². The third kappa shape index (κ3) is 5.55. The number of anilines is 1. The molecule has 1 aromatic carbocycles. The second-order valence-corrected chi connectivity index (χ2v) is 4.89. The first kappa shape index (κ1) is 20.0. The zero-order chi connectivity index (χ0) is 16.7. The minimum atomic E-state index is 0. The van der Waals surface area contributed by atoms with Crippen LogP contribution in [-0.4, -0.2) is 32.2 Å². The highest BCUT2D eigenvalue weighted by molar-refractivity contribution is 14.0. The van der Waals surface area contributed by atoms with Crippen LogP contribution in [0.3, 0.4) is 0 Å². The Balaban J connectivity index is 0.00000288. The van der Waals surface area contributed by atoms with E-state index in [0.29, 0.717) is 24.0 Å². The molecule has 0 unspecified atom stereocenters. The van der Waals surface area contributed by atoms with Crippen LogP contribution >= 0.6 is 24.0 Å². The zero-order valence-electron chi connectivity index (χ0n) is 14.3. The summed E-state index contributed by atoms with van der Waals surface area (Å²) in [6, 6.07) is 11.5. The van der Waals surface area contributed by atoms with Crippen LogP contribution in [-0.2, 0) is 6.54 Å². The maximum absolute atomic E-state index is 5.30. The minimum Gasteiger partial charge on any atom is -0.493 e. The van der Waals surface area contributed by atoms with Crippen molar-refractivity contribution < 1.29 is 9.47 Å². The van der Waals surface area contributed by atoms with Crippen molar-refractivity contribution in [1.82, 2.24) is 10.3 Å². The van der Waals surface area contributed by atoms with Crippen LogP contribution in [0.1, 0.15) is 11.4 Å². The number of hydrogen-bond donors (Lipinski definition) is 2. The first-order valence-electron chi connectivity index (χ1n) is 7.28. The van der Waals surface area contributed by atoms with Crippen molar-refractivity contribution in [2.24, 2.45) is 4.99 Å². The van der Waals surface area contributed by atoms with Gasteiger partial charge in [0.05, 0.1) is 26.5 Å². The van der Waals surface area contributed by atoms with Crippen molar-refractivity contribution in [3.8, 4) is 11.5 Å². The minimum absolute atomic E-state index is 0. The van der Waals surface area contributed by atoms with Crippen LogP contribution in [0.2, 0.25) is 0 Å². The van der Waals surface area contributed by atoms with E-state index in [1.165, 1.54) is 0 Å². The molecular formula is C17H23IN4O2. The number of halogens is 1. The number of aryl methyl sites for hydroxylation is 1. The molecule has 0 aliphatic heterocycles. The first-order chi connectivity index (χ1) is 11.2. The summed E-state index contributed by atoms with van der Waals surface area (Å²) in [5.41, 5.74) is 2.81. The van der Waals surface area contributed by atoms with Gasteiger partial charge in [-0.2, -0.15) is 0 Å². The molecule has 0 amide bonds. The quantitative estimate of drug-likeness (QED) is 0.423. The van der Waals surface area contributed by atoms with Gasteiger partial charge in [0.15, 0.2) is 17.5 Å². The molecule has 0 bridgehead atoms. The fraction of sp³-hybridized carbons (Fsp3) is 0.294. The van der Waals surface area contributed by atoms with Crippen LogP contribution in [0.4, 0.5) is 5.69 Å². The third-order valence-corrected chi connectivity index (χ3v) is 3.25. The molecule has 0 aliphatic rings. The Morgan fingerprint density at radius 1 is 1.12 bits per heavy atom. The van der Waals surface area contributed by atoms with Gasteiger partial charge in [-0.15, -0.1) is 24.0 Å². The number of pyridine rings is 1. The lowest BCUT2D eigenvalue weighted by Crippen LogP contribution is -2.30. The van der Waals surface area contributed by atoms with E-state index in [1.807, 2.05) is 43.3 Å². The molecule has 1 heterocycles. The first-order valence-corrected chi connectivity index (χ1v) is 7.28. The molecule has 0 fully saturated rings. The normalized spacial score (nSPS) is 10.6. The average Bonchev–Trinajstić information content (AvgIpc) is 2.58. The summed E-state index contributed by atoms with van der Waals surface area (Å²) < 4.78 is 10.5. The summed E-state index contributed by atoms with van der Waals surface area (Å²) in [6.07, 6.45) is 0. The standard InChI is InChI=1S/C17H22N4O2.HI/c1-12-6-5-7-14(20-12)11-19-17(18-2)21-13-8-9-15(22-3)16(10-13)23-4;/h5-10H,11H2,1-4H3,(H2,18,19,21);1H. The summed E-state index contributed by atoms with van der Waals surface area (Å²) in [6.45, 7) is 2.56. The van der Waals surface area contributed by atoms with E-state index >= 15 is 0 Å². The van der Waals surface area contributed by atoms with Crippen molar-refractivity contribution in [3.05, 3.63) is 47.8 Å². The number of aliphatic imine (C=N–C) groups is 1. The number of aromatic nitrogens is 1. The topological polar surface area (TPSA) is 67.8 Å². The molecule has 7 heteroatoms. The van der Waals surface area contributed by atoms with Crippen LogP contribution in [0.25, 0.3) is 0 Å². The molecule has 0 saturated carbocycles. The van der Waals surface area contributed by atoms with Crippen molar-refractivity contribution >= 4 is 35.6 Å². The van der Waals surface area contributed by atoms with Crippen molar-refractivity contribution in [1.29, 1.82) is 0 Å². The van der Waals surface area contributed by atoms with Gasteiger partial charge in [0, 0.05) is 24.5 Å². The molecule has 0 radical (unpaired) electrons. The second kappa shape index (κ2) is 9.96.